The van der Waals surface area contributed by atoms with Crippen molar-refractivity contribution >= 4 is 0 Å². The second-order valence-electron chi connectivity index (χ2n) is 4.19. The van der Waals surface area contributed by atoms with Gasteiger partial charge in [-0.25, -0.2) is 0 Å². The molecule has 88 valence electrons. The van der Waals surface area contributed by atoms with Gasteiger partial charge in [-0.15, -0.1) is 0 Å². The summed E-state index contributed by atoms with van der Waals surface area (Å²) in [6.07, 6.45) is 1.41. The third kappa shape index (κ3) is 2.02. The first-order valence-electron chi connectivity index (χ1n) is 5.77. The van der Waals surface area contributed by atoms with Crippen LogP contribution in [0.5, 0.6) is 0 Å². The molecule has 2 aromatic carbocycles. The average Bonchev–Trinajstić information content (AvgIpc) is 2.94. The minimum absolute atomic E-state index is 0.547. The second-order valence-corrected chi connectivity index (χ2v) is 4.19. The van der Waals surface area contributed by atoms with Crippen LogP contribution >= 0.6 is 0 Å². The van der Waals surface area contributed by atoms with E-state index in [2.05, 4.69) is 53.5 Å². The Bertz CT molecular complexity index is 625. The highest BCUT2D eigenvalue weighted by Crippen LogP contribution is 2.23. The fraction of sp³-hybridized carbons (Fsp3) is 0.0667. The lowest BCUT2D eigenvalue weighted by Gasteiger charge is -2.03. The van der Waals surface area contributed by atoms with Gasteiger partial charge in [-0.05, 0) is 30.2 Å². The lowest BCUT2D eigenvalue weighted by Crippen LogP contribution is -1.80. The molecule has 3 rings (SSSR count). The summed E-state index contributed by atoms with van der Waals surface area (Å²) in [5, 5.41) is 3.60. The Hall–Kier alpha value is -2.42. The number of hydrogen-bond acceptors (Lipinski definition) is 3. The smallest absolute Gasteiger partial charge is 0.257 e. The van der Waals surface area contributed by atoms with Crippen molar-refractivity contribution < 1.29 is 4.52 Å². The summed E-state index contributed by atoms with van der Waals surface area (Å²) >= 11 is 0. The molecule has 3 aromatic rings. The third-order valence-electron chi connectivity index (χ3n) is 2.88. The highest BCUT2D eigenvalue weighted by molar-refractivity contribution is 5.67. The van der Waals surface area contributed by atoms with Crippen LogP contribution in [0.2, 0.25) is 0 Å². The van der Waals surface area contributed by atoms with Crippen molar-refractivity contribution in [3.63, 3.8) is 0 Å². The lowest BCUT2D eigenvalue weighted by atomic mass is 10.0. The minimum atomic E-state index is 0.547. The standard InChI is InChI=1S/C15H12N2O/c1-11-2-4-12(5-3-11)13-6-8-14(9-7-13)15-16-10-17-18-15/h2-10H,1H3. The van der Waals surface area contributed by atoms with Crippen LogP contribution in [0.25, 0.3) is 22.6 Å². The summed E-state index contributed by atoms with van der Waals surface area (Å²) < 4.78 is 5.02. The fourth-order valence-corrected chi connectivity index (χ4v) is 1.85. The maximum atomic E-state index is 5.02. The molecule has 18 heavy (non-hydrogen) atoms. The van der Waals surface area contributed by atoms with Crippen LogP contribution in [0.1, 0.15) is 5.56 Å². The second kappa shape index (κ2) is 4.45. The highest BCUT2D eigenvalue weighted by Gasteiger charge is 2.03. The molecule has 1 heterocycles. The summed E-state index contributed by atoms with van der Waals surface area (Å²) in [6.45, 7) is 2.09. The summed E-state index contributed by atoms with van der Waals surface area (Å²) in [5.74, 6) is 0.547. The average molecular weight is 236 g/mol. The quantitative estimate of drug-likeness (QED) is 0.680. The third-order valence-corrected chi connectivity index (χ3v) is 2.88. The normalized spacial score (nSPS) is 10.5. The predicted molar refractivity (Wildman–Crippen MR) is 69.9 cm³/mol. The van der Waals surface area contributed by atoms with Crippen molar-refractivity contribution in [1.82, 2.24) is 10.1 Å². The zero-order chi connectivity index (χ0) is 12.4. The maximum absolute atomic E-state index is 5.02. The number of aryl methyl sites for hydroxylation is 1. The van der Waals surface area contributed by atoms with Gasteiger partial charge in [0.25, 0.3) is 5.89 Å². The molecule has 0 amide bonds. The monoisotopic (exact) mass is 236 g/mol. The van der Waals surface area contributed by atoms with Gasteiger partial charge in [0.05, 0.1) is 0 Å². The Morgan fingerprint density at radius 3 is 1.89 bits per heavy atom. The van der Waals surface area contributed by atoms with Crippen LogP contribution in [0.15, 0.2) is 59.4 Å². The van der Waals surface area contributed by atoms with E-state index in [0.717, 1.165) is 5.56 Å². The van der Waals surface area contributed by atoms with Gasteiger partial charge in [-0.2, -0.15) is 4.98 Å². The van der Waals surface area contributed by atoms with Crippen molar-refractivity contribution in [2.24, 2.45) is 0 Å². The van der Waals surface area contributed by atoms with Gasteiger partial charge in [0, 0.05) is 5.56 Å². The molecule has 0 aliphatic carbocycles. The number of rotatable bonds is 2. The van der Waals surface area contributed by atoms with E-state index in [9.17, 15) is 0 Å². The molecular formula is C15H12N2O. The molecular weight excluding hydrogens is 224 g/mol. The Morgan fingerprint density at radius 2 is 1.33 bits per heavy atom. The van der Waals surface area contributed by atoms with Gasteiger partial charge in [-0.3, -0.25) is 0 Å². The van der Waals surface area contributed by atoms with E-state index in [-0.39, 0.29) is 0 Å². The van der Waals surface area contributed by atoms with Crippen LogP contribution < -0.4 is 0 Å². The molecule has 0 saturated heterocycles. The summed E-state index contributed by atoms with van der Waals surface area (Å²) in [4.78, 5) is 4.02. The first kappa shape index (κ1) is 10.7. The number of aromatic nitrogens is 2. The molecule has 0 atom stereocenters. The maximum Gasteiger partial charge on any atom is 0.257 e. The SMILES string of the molecule is Cc1ccc(-c2ccc(-c3ncno3)cc2)cc1. The van der Waals surface area contributed by atoms with E-state index in [1.807, 2.05) is 12.1 Å². The summed E-state index contributed by atoms with van der Waals surface area (Å²) in [6, 6.07) is 16.6. The molecule has 0 fully saturated rings. The Balaban J connectivity index is 1.94. The molecule has 0 bridgehead atoms. The first-order chi connectivity index (χ1) is 8.83. The summed E-state index contributed by atoms with van der Waals surface area (Å²) in [7, 11) is 0. The molecule has 0 unspecified atom stereocenters. The molecule has 3 heteroatoms. The zero-order valence-electron chi connectivity index (χ0n) is 10.00. The first-order valence-corrected chi connectivity index (χ1v) is 5.77. The molecule has 0 aliphatic rings. The van der Waals surface area contributed by atoms with E-state index in [4.69, 9.17) is 4.52 Å². The molecule has 1 aromatic heterocycles. The number of nitrogens with zero attached hydrogens (tertiary/aromatic N) is 2. The van der Waals surface area contributed by atoms with E-state index in [0.29, 0.717) is 5.89 Å². The molecule has 0 saturated carbocycles. The van der Waals surface area contributed by atoms with Gasteiger partial charge in [0.15, 0.2) is 6.33 Å². The molecule has 3 nitrogen and oxygen atoms in total. The van der Waals surface area contributed by atoms with Gasteiger partial charge >= 0.3 is 0 Å². The zero-order valence-corrected chi connectivity index (χ0v) is 10.00. The Kier molecular flexibility index (Phi) is 2.65. The highest BCUT2D eigenvalue weighted by atomic mass is 16.5. The largest absolute Gasteiger partial charge is 0.334 e. The van der Waals surface area contributed by atoms with Crippen LogP contribution in [0.3, 0.4) is 0 Å². The van der Waals surface area contributed by atoms with Gasteiger partial charge in [0.1, 0.15) is 0 Å². The number of benzene rings is 2. The van der Waals surface area contributed by atoms with Crippen LogP contribution in [-0.4, -0.2) is 10.1 Å². The van der Waals surface area contributed by atoms with Crippen molar-refractivity contribution in [3.05, 3.63) is 60.4 Å². The van der Waals surface area contributed by atoms with Gasteiger partial charge in [-0.1, -0.05) is 47.1 Å². The van der Waals surface area contributed by atoms with Crippen molar-refractivity contribution in [2.45, 2.75) is 6.92 Å². The fourth-order valence-electron chi connectivity index (χ4n) is 1.85. The molecule has 0 aliphatic heterocycles. The topological polar surface area (TPSA) is 38.9 Å². The lowest BCUT2D eigenvalue weighted by molar-refractivity contribution is 0.430. The van der Waals surface area contributed by atoms with Crippen LogP contribution in [0, 0.1) is 6.92 Å². The predicted octanol–water partition coefficient (Wildman–Crippen LogP) is 3.71. The van der Waals surface area contributed by atoms with Crippen LogP contribution in [-0.2, 0) is 0 Å². The van der Waals surface area contributed by atoms with Crippen molar-refractivity contribution in [3.8, 4) is 22.6 Å². The molecule has 0 spiro atoms. The summed E-state index contributed by atoms with van der Waals surface area (Å²) in [5.41, 5.74) is 4.58. The molecule has 0 radical (unpaired) electrons. The van der Waals surface area contributed by atoms with Gasteiger partial charge in [0.2, 0.25) is 0 Å². The van der Waals surface area contributed by atoms with Gasteiger partial charge < -0.3 is 4.52 Å². The van der Waals surface area contributed by atoms with Crippen molar-refractivity contribution in [1.29, 1.82) is 0 Å². The minimum Gasteiger partial charge on any atom is -0.334 e. The Morgan fingerprint density at radius 1 is 0.778 bits per heavy atom. The van der Waals surface area contributed by atoms with Crippen LogP contribution in [0.4, 0.5) is 0 Å². The Labute approximate surface area is 105 Å². The van der Waals surface area contributed by atoms with E-state index in [1.54, 1.807) is 0 Å². The van der Waals surface area contributed by atoms with E-state index < -0.39 is 0 Å². The van der Waals surface area contributed by atoms with E-state index >= 15 is 0 Å². The molecule has 0 N–H and O–H groups in total. The van der Waals surface area contributed by atoms with Crippen molar-refractivity contribution in [2.75, 3.05) is 0 Å². The number of hydrogen-bond donors (Lipinski definition) is 0. The van der Waals surface area contributed by atoms with E-state index in [1.165, 1.54) is 23.0 Å².